The van der Waals surface area contributed by atoms with Crippen LogP contribution in [0.1, 0.15) is 20.8 Å². The first kappa shape index (κ1) is 11.2. The lowest BCUT2D eigenvalue weighted by Crippen LogP contribution is -2.35. The molecule has 1 N–H and O–H groups in total. The molecule has 1 heterocycles. The smallest absolute Gasteiger partial charge is 0.410 e. The molecule has 1 aliphatic heterocycles. The lowest BCUT2D eigenvalue weighted by Gasteiger charge is -2.23. The number of ether oxygens (including phenoxy) is 1. The zero-order chi connectivity index (χ0) is 10.9. The van der Waals surface area contributed by atoms with Crippen LogP contribution in [0.4, 0.5) is 9.18 Å². The molecular formula is C9H16FNO3. The lowest BCUT2D eigenvalue weighted by atomic mass is 10.2. The van der Waals surface area contributed by atoms with Crippen molar-refractivity contribution in [3.8, 4) is 0 Å². The first-order chi connectivity index (χ1) is 6.29. The molecule has 1 rings (SSSR count). The van der Waals surface area contributed by atoms with Gasteiger partial charge in [-0.15, -0.1) is 0 Å². The molecule has 0 radical (unpaired) electrons. The molecule has 1 saturated heterocycles. The minimum Gasteiger partial charge on any atom is -0.444 e. The topological polar surface area (TPSA) is 49.8 Å². The molecule has 0 aliphatic carbocycles. The molecule has 0 aromatic carbocycles. The Morgan fingerprint density at radius 1 is 1.50 bits per heavy atom. The van der Waals surface area contributed by atoms with Crippen molar-refractivity contribution in [1.82, 2.24) is 4.90 Å². The molecule has 1 aliphatic rings. The monoisotopic (exact) mass is 205 g/mol. The van der Waals surface area contributed by atoms with Crippen molar-refractivity contribution in [2.45, 2.75) is 38.6 Å². The average molecular weight is 205 g/mol. The molecular weight excluding hydrogens is 189 g/mol. The van der Waals surface area contributed by atoms with Crippen LogP contribution in [-0.4, -0.2) is 47.1 Å². The summed E-state index contributed by atoms with van der Waals surface area (Å²) in [6.07, 6.45) is -3.01. The molecule has 1 fully saturated rings. The second kappa shape index (κ2) is 3.73. The minimum absolute atomic E-state index is 0.0100. The van der Waals surface area contributed by atoms with E-state index in [1.54, 1.807) is 20.8 Å². The van der Waals surface area contributed by atoms with Crippen molar-refractivity contribution >= 4 is 6.09 Å². The number of alkyl halides is 1. The maximum atomic E-state index is 12.9. The standard InChI is InChI=1S/C9H16FNO3/c1-9(2,3)14-8(13)11-4-6(10)7(12)5-11/h6-7,12H,4-5H2,1-3H3/t6-,7+/m0/s1. The molecule has 0 unspecified atom stereocenters. The zero-order valence-corrected chi connectivity index (χ0v) is 8.66. The summed E-state index contributed by atoms with van der Waals surface area (Å²) < 4.78 is 17.9. The van der Waals surface area contributed by atoms with E-state index in [0.717, 1.165) is 0 Å². The first-order valence-corrected chi connectivity index (χ1v) is 4.59. The number of aliphatic hydroxyl groups is 1. The van der Waals surface area contributed by atoms with Gasteiger partial charge in [0.2, 0.25) is 0 Å². The Bertz CT molecular complexity index is 217. The predicted octanol–water partition coefficient (Wildman–Crippen LogP) is 0.936. The molecule has 0 spiro atoms. The number of carbonyl (C=O) groups excluding carboxylic acids is 1. The number of amides is 1. The summed E-state index contributed by atoms with van der Waals surface area (Å²) in [5.74, 6) is 0. The molecule has 14 heavy (non-hydrogen) atoms. The average Bonchev–Trinajstić information content (AvgIpc) is 2.28. The number of halogens is 1. The number of β-amino-alcohol motifs (C(OH)–C–C–N with tert-alkyl or cyclic N) is 1. The van der Waals surface area contributed by atoms with Gasteiger partial charge >= 0.3 is 6.09 Å². The van der Waals surface area contributed by atoms with E-state index in [9.17, 15) is 9.18 Å². The fraction of sp³-hybridized carbons (Fsp3) is 0.889. The normalized spacial score (nSPS) is 27.9. The van der Waals surface area contributed by atoms with Gasteiger partial charge in [0.25, 0.3) is 0 Å². The highest BCUT2D eigenvalue weighted by Gasteiger charge is 2.35. The highest BCUT2D eigenvalue weighted by Crippen LogP contribution is 2.17. The quantitative estimate of drug-likeness (QED) is 0.640. The zero-order valence-electron chi connectivity index (χ0n) is 8.66. The number of aliphatic hydroxyl groups excluding tert-OH is 1. The van der Waals surface area contributed by atoms with Crippen LogP contribution in [-0.2, 0) is 4.74 Å². The number of hydrogen-bond donors (Lipinski definition) is 1. The van der Waals surface area contributed by atoms with Crippen LogP contribution in [0.2, 0.25) is 0 Å². The van der Waals surface area contributed by atoms with Crippen LogP contribution in [0.5, 0.6) is 0 Å². The Hall–Kier alpha value is -0.840. The SMILES string of the molecule is CC(C)(C)OC(=O)N1C[C@@H](O)[C@@H](F)C1. The summed E-state index contributed by atoms with van der Waals surface area (Å²) in [4.78, 5) is 12.6. The van der Waals surface area contributed by atoms with Gasteiger partial charge in [-0.3, -0.25) is 0 Å². The highest BCUT2D eigenvalue weighted by molar-refractivity contribution is 5.68. The third-order valence-corrected chi connectivity index (χ3v) is 1.87. The molecule has 4 nitrogen and oxygen atoms in total. The summed E-state index contributed by atoms with van der Waals surface area (Å²) in [7, 11) is 0. The molecule has 5 heteroatoms. The summed E-state index contributed by atoms with van der Waals surface area (Å²) in [5, 5.41) is 9.09. The van der Waals surface area contributed by atoms with Crippen molar-refractivity contribution in [2.75, 3.05) is 13.1 Å². The number of carbonyl (C=O) groups is 1. The third kappa shape index (κ3) is 2.83. The van der Waals surface area contributed by atoms with Gasteiger partial charge in [-0.2, -0.15) is 0 Å². The molecule has 1 amide bonds. The van der Waals surface area contributed by atoms with Gasteiger partial charge < -0.3 is 14.7 Å². The second-order valence-corrected chi connectivity index (χ2v) is 4.47. The third-order valence-electron chi connectivity index (χ3n) is 1.87. The Kier molecular flexibility index (Phi) is 2.99. The molecule has 0 aromatic rings. The van der Waals surface area contributed by atoms with Crippen molar-refractivity contribution in [1.29, 1.82) is 0 Å². The van der Waals surface area contributed by atoms with E-state index in [1.807, 2.05) is 0 Å². The number of rotatable bonds is 0. The van der Waals surface area contributed by atoms with Gasteiger partial charge in [0.05, 0.1) is 13.1 Å². The van der Waals surface area contributed by atoms with Crippen LogP contribution in [0, 0.1) is 0 Å². The Morgan fingerprint density at radius 3 is 2.43 bits per heavy atom. The van der Waals surface area contributed by atoms with Crippen LogP contribution >= 0.6 is 0 Å². The van der Waals surface area contributed by atoms with Gasteiger partial charge in [0.15, 0.2) is 0 Å². The van der Waals surface area contributed by atoms with Gasteiger partial charge in [-0.05, 0) is 20.8 Å². The molecule has 2 atom stereocenters. The highest BCUT2D eigenvalue weighted by atomic mass is 19.1. The Morgan fingerprint density at radius 2 is 2.07 bits per heavy atom. The summed E-state index contributed by atoms with van der Waals surface area (Å²) in [5.41, 5.74) is -0.587. The minimum atomic E-state index is -1.36. The number of nitrogens with zero attached hydrogens (tertiary/aromatic N) is 1. The van der Waals surface area contributed by atoms with E-state index >= 15 is 0 Å². The van der Waals surface area contributed by atoms with Crippen LogP contribution in [0.3, 0.4) is 0 Å². The summed E-state index contributed by atoms with van der Waals surface area (Å²) in [6, 6.07) is 0. The Labute approximate surface area is 82.6 Å². The van der Waals surface area contributed by atoms with E-state index < -0.39 is 24.0 Å². The molecule has 0 aromatic heterocycles. The molecule has 82 valence electrons. The van der Waals surface area contributed by atoms with Crippen molar-refractivity contribution in [3.05, 3.63) is 0 Å². The fourth-order valence-electron chi connectivity index (χ4n) is 1.22. The van der Waals surface area contributed by atoms with Crippen molar-refractivity contribution < 1.29 is 19.0 Å². The predicted molar refractivity (Wildman–Crippen MR) is 48.7 cm³/mol. The second-order valence-electron chi connectivity index (χ2n) is 4.47. The first-order valence-electron chi connectivity index (χ1n) is 4.59. The van der Waals surface area contributed by atoms with Gasteiger partial charge in [-0.25, -0.2) is 9.18 Å². The van der Waals surface area contributed by atoms with Crippen molar-refractivity contribution in [3.63, 3.8) is 0 Å². The van der Waals surface area contributed by atoms with Crippen LogP contribution in [0.15, 0.2) is 0 Å². The van der Waals surface area contributed by atoms with Crippen LogP contribution in [0.25, 0.3) is 0 Å². The van der Waals surface area contributed by atoms with E-state index in [1.165, 1.54) is 4.90 Å². The van der Waals surface area contributed by atoms with E-state index in [4.69, 9.17) is 9.84 Å². The van der Waals surface area contributed by atoms with Crippen LogP contribution < -0.4 is 0 Å². The van der Waals surface area contributed by atoms with Gasteiger partial charge in [-0.1, -0.05) is 0 Å². The van der Waals surface area contributed by atoms with E-state index in [-0.39, 0.29) is 13.1 Å². The maximum Gasteiger partial charge on any atom is 0.410 e. The van der Waals surface area contributed by atoms with Crippen molar-refractivity contribution in [2.24, 2.45) is 0 Å². The van der Waals surface area contributed by atoms with Gasteiger partial charge in [0.1, 0.15) is 17.9 Å². The maximum absolute atomic E-state index is 12.9. The summed E-state index contributed by atoms with van der Waals surface area (Å²) >= 11 is 0. The molecule has 0 bridgehead atoms. The number of likely N-dealkylation sites (tertiary alicyclic amines) is 1. The fourth-order valence-corrected chi connectivity index (χ4v) is 1.22. The van der Waals surface area contributed by atoms with E-state index in [2.05, 4.69) is 0 Å². The summed E-state index contributed by atoms with van der Waals surface area (Å²) in [6.45, 7) is 5.14. The van der Waals surface area contributed by atoms with E-state index in [0.29, 0.717) is 0 Å². The lowest BCUT2D eigenvalue weighted by molar-refractivity contribution is 0.0269. The molecule has 0 saturated carbocycles. The Balaban J connectivity index is 2.48. The largest absolute Gasteiger partial charge is 0.444 e. The van der Waals surface area contributed by atoms with Gasteiger partial charge in [0, 0.05) is 0 Å². The number of hydrogen-bond acceptors (Lipinski definition) is 3.